The highest BCUT2D eigenvalue weighted by atomic mass is 35.5. The highest BCUT2D eigenvalue weighted by Gasteiger charge is 2.25. The van der Waals surface area contributed by atoms with Crippen LogP contribution in [0.2, 0.25) is 0 Å². The van der Waals surface area contributed by atoms with Crippen molar-refractivity contribution in [1.82, 2.24) is 4.98 Å². The van der Waals surface area contributed by atoms with Crippen LogP contribution in [0.15, 0.2) is 23.7 Å². The maximum absolute atomic E-state index is 6.28. The fourth-order valence-electron chi connectivity index (χ4n) is 2.48. The molecular weight excluding hydrogens is 252 g/mol. The van der Waals surface area contributed by atoms with Crippen LogP contribution in [0.1, 0.15) is 19.3 Å². The van der Waals surface area contributed by atoms with Crippen molar-refractivity contribution < 1.29 is 0 Å². The molecule has 0 spiro atoms. The average molecular weight is 267 g/mol. The summed E-state index contributed by atoms with van der Waals surface area (Å²) in [5.41, 5.74) is 0. The van der Waals surface area contributed by atoms with E-state index in [1.807, 2.05) is 6.20 Å². The van der Waals surface area contributed by atoms with Crippen LogP contribution in [0.5, 0.6) is 0 Å². The van der Waals surface area contributed by atoms with Gasteiger partial charge in [0.05, 0.1) is 0 Å². The molecule has 0 amide bonds. The number of fused-ring (bicyclic) bond motifs is 1. The number of hydrogen-bond acceptors (Lipinski definition) is 3. The summed E-state index contributed by atoms with van der Waals surface area (Å²) >= 11 is 8.04. The summed E-state index contributed by atoms with van der Waals surface area (Å²) in [6, 6.07) is 4.19. The number of nitrogens with zero attached hydrogens (tertiary/aromatic N) is 1. The maximum atomic E-state index is 6.28. The smallest absolute Gasteiger partial charge is 0.134 e. The van der Waals surface area contributed by atoms with Crippen molar-refractivity contribution in [1.29, 1.82) is 0 Å². The van der Waals surface area contributed by atoms with E-state index in [1.165, 1.54) is 22.9 Å². The van der Waals surface area contributed by atoms with E-state index in [2.05, 4.69) is 27.8 Å². The van der Waals surface area contributed by atoms with Gasteiger partial charge in [-0.05, 0) is 36.3 Å². The molecule has 1 N–H and O–H groups in total. The van der Waals surface area contributed by atoms with Crippen molar-refractivity contribution >= 4 is 38.8 Å². The molecule has 1 saturated carbocycles. The van der Waals surface area contributed by atoms with Gasteiger partial charge >= 0.3 is 0 Å². The fraction of sp³-hybridized carbons (Fsp3) is 0.462. The Bertz CT molecular complexity index is 511. The second kappa shape index (κ2) is 4.83. The standard InChI is InChI=1S/C13H15ClN2S/c14-11-3-1-2-9(11)8-16-13-10-5-7-17-12(10)4-6-15-13/h4-7,9,11H,1-3,8H2,(H,15,16). The first kappa shape index (κ1) is 11.3. The van der Waals surface area contributed by atoms with Gasteiger partial charge in [-0.25, -0.2) is 4.98 Å². The summed E-state index contributed by atoms with van der Waals surface area (Å²) in [4.78, 5) is 4.42. The number of aromatic nitrogens is 1. The van der Waals surface area contributed by atoms with Crippen LogP contribution in [0, 0.1) is 5.92 Å². The molecule has 0 bridgehead atoms. The molecule has 1 aliphatic carbocycles. The van der Waals surface area contributed by atoms with Crippen molar-refractivity contribution in [2.45, 2.75) is 24.6 Å². The van der Waals surface area contributed by atoms with Crippen molar-refractivity contribution in [3.05, 3.63) is 23.7 Å². The monoisotopic (exact) mass is 266 g/mol. The molecule has 0 aliphatic heterocycles. The number of halogens is 1. The Morgan fingerprint density at radius 2 is 2.35 bits per heavy atom. The van der Waals surface area contributed by atoms with Gasteiger partial charge in [-0.3, -0.25) is 0 Å². The second-order valence-corrected chi connectivity index (χ2v) is 6.09. The Morgan fingerprint density at radius 3 is 3.18 bits per heavy atom. The van der Waals surface area contributed by atoms with Crippen LogP contribution in [0.4, 0.5) is 5.82 Å². The Morgan fingerprint density at radius 1 is 1.41 bits per heavy atom. The Hall–Kier alpha value is -0.800. The lowest BCUT2D eigenvalue weighted by molar-refractivity contribution is 0.585. The third kappa shape index (κ3) is 2.26. The Labute approximate surface area is 110 Å². The number of rotatable bonds is 3. The number of pyridine rings is 1. The minimum atomic E-state index is 0.337. The second-order valence-electron chi connectivity index (χ2n) is 4.58. The van der Waals surface area contributed by atoms with Crippen LogP contribution in [-0.4, -0.2) is 16.9 Å². The molecular formula is C13H15ClN2S. The molecule has 0 saturated heterocycles. The molecule has 4 heteroatoms. The van der Waals surface area contributed by atoms with Gasteiger partial charge in [0.1, 0.15) is 5.82 Å². The van der Waals surface area contributed by atoms with Crippen LogP contribution >= 0.6 is 22.9 Å². The van der Waals surface area contributed by atoms with E-state index in [4.69, 9.17) is 11.6 Å². The first-order valence-electron chi connectivity index (χ1n) is 6.05. The Kier molecular flexibility index (Phi) is 3.21. The molecule has 3 rings (SSSR count). The molecule has 2 atom stereocenters. The molecule has 17 heavy (non-hydrogen) atoms. The van der Waals surface area contributed by atoms with Gasteiger partial charge in [0.2, 0.25) is 0 Å². The zero-order valence-electron chi connectivity index (χ0n) is 9.53. The SMILES string of the molecule is ClC1CCCC1CNc1nccc2sccc12. The number of thiophene rings is 1. The quantitative estimate of drug-likeness (QED) is 0.846. The minimum Gasteiger partial charge on any atom is -0.369 e. The summed E-state index contributed by atoms with van der Waals surface area (Å²) in [5.74, 6) is 1.59. The normalized spacial score (nSPS) is 24.3. The van der Waals surface area contributed by atoms with Crippen LogP contribution in [0.3, 0.4) is 0 Å². The lowest BCUT2D eigenvalue weighted by atomic mass is 10.1. The maximum Gasteiger partial charge on any atom is 0.134 e. The highest BCUT2D eigenvalue weighted by Crippen LogP contribution is 2.31. The largest absolute Gasteiger partial charge is 0.369 e. The molecule has 2 aromatic heterocycles. The van der Waals surface area contributed by atoms with E-state index in [-0.39, 0.29) is 0 Å². The van der Waals surface area contributed by atoms with Gasteiger partial charge in [-0.15, -0.1) is 22.9 Å². The van der Waals surface area contributed by atoms with E-state index < -0.39 is 0 Å². The summed E-state index contributed by atoms with van der Waals surface area (Å²) in [6.45, 7) is 0.941. The summed E-state index contributed by atoms with van der Waals surface area (Å²) in [5, 5.41) is 7.13. The van der Waals surface area contributed by atoms with Crippen LogP contribution in [-0.2, 0) is 0 Å². The molecule has 90 valence electrons. The molecule has 2 unspecified atom stereocenters. The van der Waals surface area contributed by atoms with Gasteiger partial charge in [0.15, 0.2) is 0 Å². The van der Waals surface area contributed by atoms with Gasteiger partial charge in [0, 0.05) is 28.2 Å². The van der Waals surface area contributed by atoms with Gasteiger partial charge in [-0.2, -0.15) is 0 Å². The number of alkyl halides is 1. The number of hydrogen-bond donors (Lipinski definition) is 1. The van der Waals surface area contributed by atoms with Crippen molar-refractivity contribution in [2.75, 3.05) is 11.9 Å². The van der Waals surface area contributed by atoms with Gasteiger partial charge < -0.3 is 5.32 Å². The predicted octanol–water partition coefficient (Wildman–Crippen LogP) is 4.12. The lowest BCUT2D eigenvalue weighted by Gasteiger charge is -2.15. The lowest BCUT2D eigenvalue weighted by Crippen LogP contribution is -2.18. The predicted molar refractivity (Wildman–Crippen MR) is 75.1 cm³/mol. The first-order chi connectivity index (χ1) is 8.34. The van der Waals surface area contributed by atoms with Crippen LogP contribution in [0.25, 0.3) is 10.1 Å². The zero-order chi connectivity index (χ0) is 11.7. The van der Waals surface area contributed by atoms with E-state index in [0.717, 1.165) is 18.8 Å². The molecule has 0 radical (unpaired) electrons. The van der Waals surface area contributed by atoms with E-state index in [1.54, 1.807) is 11.3 Å². The van der Waals surface area contributed by atoms with E-state index in [9.17, 15) is 0 Å². The molecule has 2 heterocycles. The summed E-state index contributed by atoms with van der Waals surface area (Å²) in [7, 11) is 0. The number of nitrogens with one attached hydrogen (secondary N) is 1. The van der Waals surface area contributed by atoms with Gasteiger partial charge in [0.25, 0.3) is 0 Å². The van der Waals surface area contributed by atoms with Crippen molar-refractivity contribution in [2.24, 2.45) is 5.92 Å². The minimum absolute atomic E-state index is 0.337. The molecule has 2 nitrogen and oxygen atoms in total. The van der Waals surface area contributed by atoms with Crippen LogP contribution < -0.4 is 5.32 Å². The Balaban J connectivity index is 1.74. The molecule has 2 aromatic rings. The third-order valence-corrected chi connectivity index (χ3v) is 4.93. The fourth-order valence-corrected chi connectivity index (χ4v) is 3.64. The molecule has 1 aliphatic rings. The van der Waals surface area contributed by atoms with Crippen molar-refractivity contribution in [3.63, 3.8) is 0 Å². The summed E-state index contributed by atoms with van der Waals surface area (Å²) in [6.07, 6.45) is 5.52. The van der Waals surface area contributed by atoms with Gasteiger partial charge in [-0.1, -0.05) is 6.42 Å². The van der Waals surface area contributed by atoms with E-state index in [0.29, 0.717) is 11.3 Å². The average Bonchev–Trinajstić information content (AvgIpc) is 2.95. The van der Waals surface area contributed by atoms with E-state index >= 15 is 0 Å². The third-order valence-electron chi connectivity index (χ3n) is 3.48. The molecule has 1 fully saturated rings. The molecule has 0 aromatic carbocycles. The number of anilines is 1. The first-order valence-corrected chi connectivity index (χ1v) is 7.36. The zero-order valence-corrected chi connectivity index (χ0v) is 11.1. The summed E-state index contributed by atoms with van der Waals surface area (Å²) < 4.78 is 1.29. The topological polar surface area (TPSA) is 24.9 Å². The highest BCUT2D eigenvalue weighted by molar-refractivity contribution is 7.17. The van der Waals surface area contributed by atoms with Crippen molar-refractivity contribution in [3.8, 4) is 0 Å².